The maximum atomic E-state index is 12.6. The van der Waals surface area contributed by atoms with Gasteiger partial charge in [0.05, 0.1) is 18.6 Å². The van der Waals surface area contributed by atoms with Gasteiger partial charge in [0.25, 0.3) is 0 Å². The molecular weight excluding hydrogens is 364 g/mol. The van der Waals surface area contributed by atoms with Gasteiger partial charge in [0, 0.05) is 30.4 Å². The van der Waals surface area contributed by atoms with Crippen LogP contribution in [0.1, 0.15) is 16.8 Å². The lowest BCUT2D eigenvalue weighted by molar-refractivity contribution is -0.122. The van der Waals surface area contributed by atoms with Crippen LogP contribution in [0.15, 0.2) is 42.5 Å². The van der Waals surface area contributed by atoms with E-state index in [1.54, 1.807) is 42.5 Å². The highest BCUT2D eigenvalue weighted by atomic mass is 16.7. The van der Waals surface area contributed by atoms with Gasteiger partial charge in [-0.2, -0.15) is 0 Å². The lowest BCUT2D eigenvalue weighted by atomic mass is 10.1. The van der Waals surface area contributed by atoms with Gasteiger partial charge >= 0.3 is 5.97 Å². The van der Waals surface area contributed by atoms with Gasteiger partial charge in [0.1, 0.15) is 0 Å². The van der Waals surface area contributed by atoms with Crippen LogP contribution in [0, 0.1) is 5.92 Å². The third-order valence-corrected chi connectivity index (χ3v) is 4.71. The Morgan fingerprint density at radius 1 is 1.14 bits per heavy atom. The maximum absolute atomic E-state index is 12.6. The fourth-order valence-electron chi connectivity index (χ4n) is 3.27. The van der Waals surface area contributed by atoms with Crippen LogP contribution >= 0.6 is 0 Å². The van der Waals surface area contributed by atoms with Crippen LogP contribution in [0.5, 0.6) is 11.5 Å². The lowest BCUT2D eigenvalue weighted by Crippen LogP contribution is -2.28. The summed E-state index contributed by atoms with van der Waals surface area (Å²) in [4.78, 5) is 38.3. The fourth-order valence-corrected chi connectivity index (χ4v) is 3.27. The number of anilines is 2. The number of carbonyl (C=O) groups excluding carboxylic acids is 3. The second kappa shape index (κ2) is 7.22. The first kappa shape index (κ1) is 17.8. The summed E-state index contributed by atoms with van der Waals surface area (Å²) in [5.41, 5.74) is 1.49. The van der Waals surface area contributed by atoms with E-state index in [0.29, 0.717) is 28.4 Å². The van der Waals surface area contributed by atoms with Crippen molar-refractivity contribution >= 4 is 29.2 Å². The Hall–Kier alpha value is -3.55. The first-order valence-corrected chi connectivity index (χ1v) is 8.74. The Morgan fingerprint density at radius 2 is 1.96 bits per heavy atom. The van der Waals surface area contributed by atoms with Crippen LogP contribution in [0.3, 0.4) is 0 Å². The molecule has 0 radical (unpaired) electrons. The number of ether oxygens (including phenoxy) is 3. The zero-order valence-electron chi connectivity index (χ0n) is 15.1. The van der Waals surface area contributed by atoms with Crippen molar-refractivity contribution in [1.29, 1.82) is 0 Å². The van der Waals surface area contributed by atoms with Crippen molar-refractivity contribution in [2.45, 2.75) is 6.42 Å². The van der Waals surface area contributed by atoms with E-state index in [-0.39, 0.29) is 31.6 Å². The predicted molar refractivity (Wildman–Crippen MR) is 99.4 cm³/mol. The topological polar surface area (TPSA) is 94.2 Å². The molecule has 0 bridgehead atoms. The van der Waals surface area contributed by atoms with Crippen LogP contribution in [0.4, 0.5) is 11.4 Å². The second-order valence-corrected chi connectivity index (χ2v) is 6.50. The molecule has 0 spiro atoms. The number of rotatable bonds is 4. The van der Waals surface area contributed by atoms with Crippen molar-refractivity contribution < 1.29 is 28.6 Å². The third kappa shape index (κ3) is 3.36. The molecule has 1 unspecified atom stereocenters. The molecule has 28 heavy (non-hydrogen) atoms. The van der Waals surface area contributed by atoms with E-state index < -0.39 is 11.9 Å². The Labute approximate surface area is 161 Å². The van der Waals surface area contributed by atoms with Crippen LogP contribution < -0.4 is 19.7 Å². The molecule has 2 heterocycles. The van der Waals surface area contributed by atoms with Gasteiger partial charge in [-0.1, -0.05) is 6.07 Å². The van der Waals surface area contributed by atoms with E-state index in [0.717, 1.165) is 0 Å². The predicted octanol–water partition coefficient (Wildman–Crippen LogP) is 2.19. The molecule has 0 saturated carbocycles. The number of benzene rings is 2. The zero-order chi connectivity index (χ0) is 19.7. The van der Waals surface area contributed by atoms with Gasteiger partial charge < -0.3 is 24.4 Å². The molecule has 2 aromatic rings. The summed E-state index contributed by atoms with van der Waals surface area (Å²) >= 11 is 0. The van der Waals surface area contributed by atoms with Gasteiger partial charge in [0.2, 0.25) is 18.6 Å². The second-order valence-electron chi connectivity index (χ2n) is 6.50. The number of carbonyl (C=O) groups is 3. The number of amides is 2. The van der Waals surface area contributed by atoms with E-state index in [2.05, 4.69) is 5.32 Å². The van der Waals surface area contributed by atoms with Crippen molar-refractivity contribution in [3.8, 4) is 11.5 Å². The highest BCUT2D eigenvalue weighted by Gasteiger charge is 2.35. The number of nitrogens with zero attached hydrogens (tertiary/aromatic N) is 1. The van der Waals surface area contributed by atoms with Crippen molar-refractivity contribution in [2.75, 3.05) is 30.7 Å². The van der Waals surface area contributed by atoms with Crippen LogP contribution in [-0.4, -0.2) is 38.2 Å². The smallest absolute Gasteiger partial charge is 0.337 e. The minimum atomic E-state index is -0.500. The van der Waals surface area contributed by atoms with Gasteiger partial charge in [-0.25, -0.2) is 4.79 Å². The minimum absolute atomic E-state index is 0.0961. The van der Waals surface area contributed by atoms with E-state index in [1.807, 2.05) is 0 Å². The van der Waals surface area contributed by atoms with E-state index >= 15 is 0 Å². The highest BCUT2D eigenvalue weighted by molar-refractivity contribution is 6.04. The molecule has 144 valence electrons. The summed E-state index contributed by atoms with van der Waals surface area (Å²) < 4.78 is 15.3. The Morgan fingerprint density at radius 3 is 2.79 bits per heavy atom. The molecule has 2 amide bonds. The fraction of sp³-hybridized carbons (Fsp3) is 0.250. The van der Waals surface area contributed by atoms with Gasteiger partial charge in [0.15, 0.2) is 11.5 Å². The third-order valence-electron chi connectivity index (χ3n) is 4.71. The van der Waals surface area contributed by atoms with Gasteiger partial charge in [-0.15, -0.1) is 0 Å². The number of fused-ring (bicyclic) bond motifs is 1. The molecule has 8 heteroatoms. The van der Waals surface area contributed by atoms with Crippen molar-refractivity contribution in [3.63, 3.8) is 0 Å². The Kier molecular flexibility index (Phi) is 4.60. The minimum Gasteiger partial charge on any atom is -0.465 e. The Balaban J connectivity index is 1.46. The molecule has 0 aromatic heterocycles. The average molecular weight is 382 g/mol. The molecule has 2 aliphatic rings. The zero-order valence-corrected chi connectivity index (χ0v) is 15.1. The van der Waals surface area contributed by atoms with E-state index in [1.165, 1.54) is 12.0 Å². The molecule has 2 aromatic carbocycles. The first-order valence-electron chi connectivity index (χ1n) is 8.74. The van der Waals surface area contributed by atoms with Crippen LogP contribution in [0.25, 0.3) is 0 Å². The average Bonchev–Trinajstić information content (AvgIpc) is 3.33. The van der Waals surface area contributed by atoms with Crippen molar-refractivity contribution in [3.05, 3.63) is 48.0 Å². The number of esters is 1. The quantitative estimate of drug-likeness (QED) is 0.815. The van der Waals surface area contributed by atoms with Gasteiger partial charge in [-0.05, 0) is 30.3 Å². The first-order chi connectivity index (χ1) is 13.5. The molecule has 1 N–H and O–H groups in total. The van der Waals surface area contributed by atoms with Crippen molar-refractivity contribution in [1.82, 2.24) is 0 Å². The number of hydrogen-bond acceptors (Lipinski definition) is 6. The maximum Gasteiger partial charge on any atom is 0.337 e. The summed E-state index contributed by atoms with van der Waals surface area (Å²) in [6, 6.07) is 11.7. The van der Waals surface area contributed by atoms with Crippen LogP contribution in [0.2, 0.25) is 0 Å². The summed E-state index contributed by atoms with van der Waals surface area (Å²) in [5, 5.41) is 2.82. The molecule has 2 aliphatic heterocycles. The van der Waals surface area contributed by atoms with Crippen LogP contribution in [-0.2, 0) is 14.3 Å². The molecule has 1 fully saturated rings. The molecule has 1 saturated heterocycles. The number of hydrogen-bond donors (Lipinski definition) is 1. The molecular formula is C20H18N2O6. The number of methoxy groups -OCH3 is 1. The Bertz CT molecular complexity index is 957. The van der Waals surface area contributed by atoms with Gasteiger partial charge in [-0.3, -0.25) is 9.59 Å². The summed E-state index contributed by atoms with van der Waals surface area (Å²) in [6.45, 7) is 0.392. The lowest BCUT2D eigenvalue weighted by Gasteiger charge is -2.17. The summed E-state index contributed by atoms with van der Waals surface area (Å²) in [6.07, 6.45) is 0.0961. The monoisotopic (exact) mass is 382 g/mol. The highest BCUT2D eigenvalue weighted by Crippen LogP contribution is 2.34. The number of nitrogens with one attached hydrogen (secondary N) is 1. The SMILES string of the molecule is COC(=O)c1cccc(N2CC(C(=O)Nc3ccc4c(c3)OCO4)CC2=O)c1. The largest absolute Gasteiger partial charge is 0.465 e. The molecule has 0 aliphatic carbocycles. The molecule has 4 rings (SSSR count). The standard InChI is InChI=1S/C20H18N2O6/c1-26-20(25)12-3-2-4-15(7-12)22-10-13(8-18(22)23)19(24)21-14-5-6-16-17(9-14)28-11-27-16/h2-7,9,13H,8,10-11H2,1H3,(H,21,24). The molecule has 1 atom stereocenters. The molecule has 8 nitrogen and oxygen atoms in total. The van der Waals surface area contributed by atoms with E-state index in [9.17, 15) is 14.4 Å². The van der Waals surface area contributed by atoms with E-state index in [4.69, 9.17) is 14.2 Å². The normalized spacial score (nSPS) is 17.5. The summed E-state index contributed by atoms with van der Waals surface area (Å²) in [7, 11) is 1.30. The van der Waals surface area contributed by atoms with Crippen molar-refractivity contribution in [2.24, 2.45) is 5.92 Å². The summed E-state index contributed by atoms with van der Waals surface area (Å²) in [5.74, 6) is -0.204.